The van der Waals surface area contributed by atoms with Crippen LogP contribution in [0.1, 0.15) is 21.2 Å². The minimum absolute atomic E-state index is 0.222. The smallest absolute Gasteiger partial charge is 0.289 e. The van der Waals surface area contributed by atoms with Crippen molar-refractivity contribution in [3.05, 3.63) is 46.2 Å². The normalized spacial score (nSPS) is 14.6. The largest absolute Gasteiger partial charge is 0.354 e. The Morgan fingerprint density at radius 3 is 2.88 bits per heavy atom. The fourth-order valence-electron chi connectivity index (χ4n) is 2.95. The SMILES string of the molecule is Cc1scc2nc(C(=O)NCc3ccccn3)nc(N3CCSCC3)c12. The highest BCUT2D eigenvalue weighted by molar-refractivity contribution is 7.99. The molecule has 3 aromatic heterocycles. The molecule has 0 unspecified atom stereocenters. The lowest BCUT2D eigenvalue weighted by atomic mass is 10.2. The van der Waals surface area contributed by atoms with Crippen molar-refractivity contribution >= 4 is 45.7 Å². The van der Waals surface area contributed by atoms with Crippen LogP contribution in [0.3, 0.4) is 0 Å². The summed E-state index contributed by atoms with van der Waals surface area (Å²) in [5.74, 6) is 3.00. The van der Waals surface area contributed by atoms with E-state index in [4.69, 9.17) is 0 Å². The third-order valence-electron chi connectivity index (χ3n) is 4.29. The van der Waals surface area contributed by atoms with Gasteiger partial charge in [0.05, 0.1) is 23.1 Å². The number of amides is 1. The minimum atomic E-state index is -0.269. The van der Waals surface area contributed by atoms with Crippen molar-refractivity contribution in [1.29, 1.82) is 0 Å². The number of pyridine rings is 1. The Bertz CT molecular complexity index is 922. The highest BCUT2D eigenvalue weighted by Crippen LogP contribution is 2.32. The lowest BCUT2D eigenvalue weighted by Gasteiger charge is -2.28. The molecule has 1 amide bonds. The Balaban J connectivity index is 1.63. The van der Waals surface area contributed by atoms with Crippen molar-refractivity contribution in [2.45, 2.75) is 13.5 Å². The summed E-state index contributed by atoms with van der Waals surface area (Å²) in [5.41, 5.74) is 1.65. The molecule has 6 nitrogen and oxygen atoms in total. The van der Waals surface area contributed by atoms with E-state index in [1.54, 1.807) is 17.5 Å². The quantitative estimate of drug-likeness (QED) is 0.745. The number of anilines is 1. The third kappa shape index (κ3) is 3.52. The van der Waals surface area contributed by atoms with Gasteiger partial charge in [0.25, 0.3) is 5.91 Å². The summed E-state index contributed by atoms with van der Waals surface area (Å²) >= 11 is 3.60. The molecule has 134 valence electrons. The maximum atomic E-state index is 12.6. The van der Waals surface area contributed by atoms with Crippen LogP contribution < -0.4 is 10.2 Å². The Hall–Kier alpha value is -2.19. The van der Waals surface area contributed by atoms with Crippen LogP contribution in [0.5, 0.6) is 0 Å². The molecule has 1 N–H and O–H groups in total. The van der Waals surface area contributed by atoms with E-state index in [0.717, 1.165) is 47.0 Å². The Morgan fingerprint density at radius 2 is 2.12 bits per heavy atom. The Labute approximate surface area is 160 Å². The predicted molar refractivity (Wildman–Crippen MR) is 107 cm³/mol. The lowest BCUT2D eigenvalue weighted by molar-refractivity contribution is 0.0940. The molecular weight excluding hydrogens is 366 g/mol. The number of thioether (sulfide) groups is 1. The fraction of sp³-hybridized carbons (Fsp3) is 0.333. The highest BCUT2D eigenvalue weighted by Gasteiger charge is 2.21. The zero-order chi connectivity index (χ0) is 17.9. The second-order valence-corrected chi connectivity index (χ2v) is 8.33. The van der Waals surface area contributed by atoms with Gasteiger partial charge in [-0.15, -0.1) is 11.3 Å². The molecule has 0 radical (unpaired) electrons. The number of hydrogen-bond donors (Lipinski definition) is 1. The van der Waals surface area contributed by atoms with Gasteiger partial charge in [-0.25, -0.2) is 9.97 Å². The summed E-state index contributed by atoms with van der Waals surface area (Å²) in [6.07, 6.45) is 1.71. The third-order valence-corrected chi connectivity index (χ3v) is 6.13. The average Bonchev–Trinajstić information content (AvgIpc) is 3.08. The summed E-state index contributed by atoms with van der Waals surface area (Å²) < 4.78 is 0. The number of rotatable bonds is 4. The van der Waals surface area contributed by atoms with E-state index >= 15 is 0 Å². The summed E-state index contributed by atoms with van der Waals surface area (Å²) in [7, 11) is 0. The van der Waals surface area contributed by atoms with Crippen molar-refractivity contribution in [3.8, 4) is 0 Å². The molecule has 0 atom stereocenters. The van der Waals surface area contributed by atoms with Gasteiger partial charge in [-0.05, 0) is 19.1 Å². The Morgan fingerprint density at radius 1 is 1.27 bits per heavy atom. The van der Waals surface area contributed by atoms with E-state index in [-0.39, 0.29) is 11.7 Å². The molecule has 4 heterocycles. The zero-order valence-corrected chi connectivity index (χ0v) is 16.1. The Kier molecular flexibility index (Phi) is 5.03. The van der Waals surface area contributed by atoms with E-state index in [0.29, 0.717) is 6.54 Å². The van der Waals surface area contributed by atoms with Crippen molar-refractivity contribution in [3.63, 3.8) is 0 Å². The van der Waals surface area contributed by atoms with Gasteiger partial charge >= 0.3 is 0 Å². The van der Waals surface area contributed by atoms with Crippen molar-refractivity contribution < 1.29 is 4.79 Å². The monoisotopic (exact) mass is 385 g/mol. The minimum Gasteiger partial charge on any atom is -0.354 e. The molecule has 0 saturated carbocycles. The fourth-order valence-corrected chi connectivity index (χ4v) is 4.63. The molecular formula is C18H19N5OS2. The molecule has 1 aliphatic heterocycles. The molecule has 3 aromatic rings. The van der Waals surface area contributed by atoms with E-state index < -0.39 is 0 Å². The summed E-state index contributed by atoms with van der Waals surface area (Å²) in [5, 5.41) is 5.95. The van der Waals surface area contributed by atoms with Gasteiger partial charge in [-0.2, -0.15) is 11.8 Å². The highest BCUT2D eigenvalue weighted by atomic mass is 32.2. The summed E-state index contributed by atoms with van der Waals surface area (Å²) in [6.45, 7) is 4.33. The van der Waals surface area contributed by atoms with Gasteiger partial charge in [-0.3, -0.25) is 9.78 Å². The molecule has 1 aliphatic rings. The molecule has 0 aromatic carbocycles. The molecule has 1 fully saturated rings. The van der Waals surface area contributed by atoms with Crippen LogP contribution in [-0.2, 0) is 6.54 Å². The molecule has 0 spiro atoms. The number of carbonyl (C=O) groups is 1. The molecule has 4 rings (SSSR count). The maximum absolute atomic E-state index is 12.6. The van der Waals surface area contributed by atoms with E-state index in [1.165, 1.54) is 4.88 Å². The standard InChI is InChI=1S/C18H19N5OS2/c1-12-15-14(11-26-12)21-16(22-17(15)23-6-8-25-9-7-23)18(24)20-10-13-4-2-3-5-19-13/h2-5,11H,6-10H2,1H3,(H,20,24). The first-order chi connectivity index (χ1) is 12.7. The van der Waals surface area contributed by atoms with Crippen LogP contribution in [0.15, 0.2) is 29.8 Å². The van der Waals surface area contributed by atoms with E-state index in [9.17, 15) is 4.79 Å². The maximum Gasteiger partial charge on any atom is 0.289 e. The average molecular weight is 386 g/mol. The molecule has 26 heavy (non-hydrogen) atoms. The number of hydrogen-bond acceptors (Lipinski definition) is 7. The summed E-state index contributed by atoms with van der Waals surface area (Å²) in [6, 6.07) is 5.63. The van der Waals surface area contributed by atoms with Crippen molar-refractivity contribution in [2.24, 2.45) is 0 Å². The topological polar surface area (TPSA) is 71.0 Å². The van der Waals surface area contributed by atoms with Crippen LogP contribution >= 0.6 is 23.1 Å². The molecule has 0 bridgehead atoms. The number of nitrogens with zero attached hydrogens (tertiary/aromatic N) is 4. The number of aromatic nitrogens is 3. The van der Waals surface area contributed by atoms with Crippen molar-refractivity contribution in [2.75, 3.05) is 29.5 Å². The number of aryl methyl sites for hydroxylation is 1. The molecule has 0 aliphatic carbocycles. The van der Waals surface area contributed by atoms with E-state index in [2.05, 4.69) is 32.1 Å². The van der Waals surface area contributed by atoms with Gasteiger partial charge in [0.2, 0.25) is 5.82 Å². The second kappa shape index (κ2) is 7.59. The van der Waals surface area contributed by atoms with Crippen molar-refractivity contribution in [1.82, 2.24) is 20.3 Å². The molecule has 1 saturated heterocycles. The van der Waals surface area contributed by atoms with Crippen LogP contribution in [0.4, 0.5) is 5.82 Å². The van der Waals surface area contributed by atoms with Crippen LogP contribution in [0, 0.1) is 6.92 Å². The van der Waals surface area contributed by atoms with Gasteiger partial charge in [0.15, 0.2) is 0 Å². The van der Waals surface area contributed by atoms with Gasteiger partial charge < -0.3 is 10.2 Å². The number of fused-ring (bicyclic) bond motifs is 1. The number of nitrogens with one attached hydrogen (secondary N) is 1. The summed E-state index contributed by atoms with van der Waals surface area (Å²) in [4.78, 5) is 29.5. The first-order valence-corrected chi connectivity index (χ1v) is 10.5. The van der Waals surface area contributed by atoms with Gasteiger partial charge in [0.1, 0.15) is 5.82 Å². The lowest BCUT2D eigenvalue weighted by Crippen LogP contribution is -2.34. The first-order valence-electron chi connectivity index (χ1n) is 8.49. The van der Waals surface area contributed by atoms with Crippen LogP contribution in [0.2, 0.25) is 0 Å². The zero-order valence-electron chi connectivity index (χ0n) is 14.4. The van der Waals surface area contributed by atoms with Crippen LogP contribution in [0.25, 0.3) is 10.9 Å². The van der Waals surface area contributed by atoms with Gasteiger partial charge in [0, 0.05) is 41.0 Å². The molecule has 8 heteroatoms. The first kappa shape index (κ1) is 17.2. The number of carbonyl (C=O) groups excluding carboxylic acids is 1. The predicted octanol–water partition coefficient (Wildman–Crippen LogP) is 2.88. The van der Waals surface area contributed by atoms with Crippen LogP contribution in [-0.4, -0.2) is 45.5 Å². The van der Waals surface area contributed by atoms with E-state index in [1.807, 2.05) is 35.3 Å². The number of thiophene rings is 1. The second-order valence-electron chi connectivity index (χ2n) is 6.03. The van der Waals surface area contributed by atoms with Gasteiger partial charge in [-0.1, -0.05) is 6.07 Å².